The lowest BCUT2D eigenvalue weighted by Gasteiger charge is -2.32. The van der Waals surface area contributed by atoms with Crippen molar-refractivity contribution in [1.82, 2.24) is 34.4 Å². The molecule has 5 heterocycles. The molecule has 11 nitrogen and oxygen atoms in total. The highest BCUT2D eigenvalue weighted by Crippen LogP contribution is 2.30. The van der Waals surface area contributed by atoms with Gasteiger partial charge in [0.25, 0.3) is 0 Å². The number of nitrogens with one attached hydrogen (secondary N) is 1. The summed E-state index contributed by atoms with van der Waals surface area (Å²) in [5.41, 5.74) is 10.7. The van der Waals surface area contributed by atoms with E-state index in [9.17, 15) is 5.26 Å². The Kier molecular flexibility index (Phi) is 6.71. The molecule has 1 aromatic carbocycles. The molecular weight excluding hydrogens is 502 g/mol. The summed E-state index contributed by atoms with van der Waals surface area (Å²) in [4.78, 5) is 24.2. The lowest BCUT2D eigenvalue weighted by molar-refractivity contribution is 0.211. The molecule has 11 heteroatoms. The monoisotopic (exact) mass is 527 g/mol. The fourth-order valence-corrected chi connectivity index (χ4v) is 5.00. The van der Waals surface area contributed by atoms with Gasteiger partial charge in [-0.1, -0.05) is 12.1 Å². The van der Waals surface area contributed by atoms with Crippen LogP contribution in [0.15, 0.2) is 67.1 Å². The van der Waals surface area contributed by atoms with E-state index in [1.807, 2.05) is 22.8 Å². The molecule has 40 heavy (non-hydrogen) atoms. The smallest absolute Gasteiger partial charge is 0.234 e. The quantitative estimate of drug-likeness (QED) is 0.334. The number of hydrogen-bond acceptors (Lipinski definition) is 10. The van der Waals surface area contributed by atoms with Crippen LogP contribution in [0.5, 0.6) is 0 Å². The fourth-order valence-electron chi connectivity index (χ4n) is 5.00. The summed E-state index contributed by atoms with van der Waals surface area (Å²) >= 11 is 0. The Balaban J connectivity index is 1.19. The Morgan fingerprint density at radius 2 is 1.77 bits per heavy atom. The van der Waals surface area contributed by atoms with Gasteiger partial charge in [0.2, 0.25) is 5.82 Å². The number of benzene rings is 1. The van der Waals surface area contributed by atoms with Gasteiger partial charge in [-0.25, -0.2) is 24.9 Å². The summed E-state index contributed by atoms with van der Waals surface area (Å²) in [6.45, 7) is 2.75. The molecule has 0 aliphatic carbocycles. The van der Waals surface area contributed by atoms with E-state index in [1.54, 1.807) is 30.7 Å². The SMILES string of the molecule is N#Cc1cnc2c(c1)nc(-c1cccnc1N)n2-c1ccc(CN2CCC(Nc3ccnc(C#N)n3)CC2)cc1. The van der Waals surface area contributed by atoms with Crippen molar-refractivity contribution in [3.8, 4) is 29.2 Å². The summed E-state index contributed by atoms with van der Waals surface area (Å²) < 4.78 is 1.95. The number of fused-ring (bicyclic) bond motifs is 1. The van der Waals surface area contributed by atoms with Gasteiger partial charge in [0, 0.05) is 50.0 Å². The summed E-state index contributed by atoms with van der Waals surface area (Å²) in [6.07, 6.45) is 6.77. The zero-order valence-electron chi connectivity index (χ0n) is 21.6. The number of aromatic nitrogens is 6. The van der Waals surface area contributed by atoms with Crippen molar-refractivity contribution in [3.63, 3.8) is 0 Å². The zero-order valence-corrected chi connectivity index (χ0v) is 21.6. The topological polar surface area (TPSA) is 158 Å². The molecule has 0 amide bonds. The van der Waals surface area contributed by atoms with Gasteiger partial charge in [-0.05, 0) is 54.8 Å². The Morgan fingerprint density at radius 3 is 2.52 bits per heavy atom. The lowest BCUT2D eigenvalue weighted by atomic mass is 10.0. The number of likely N-dealkylation sites (tertiary alicyclic amines) is 1. The van der Waals surface area contributed by atoms with Crippen LogP contribution in [-0.2, 0) is 6.54 Å². The van der Waals surface area contributed by atoms with E-state index in [-0.39, 0.29) is 5.82 Å². The number of piperidine rings is 1. The van der Waals surface area contributed by atoms with Gasteiger partial charge in [-0.15, -0.1) is 0 Å². The highest BCUT2D eigenvalue weighted by molar-refractivity contribution is 5.83. The first-order valence-corrected chi connectivity index (χ1v) is 12.9. The van der Waals surface area contributed by atoms with E-state index >= 15 is 0 Å². The van der Waals surface area contributed by atoms with Gasteiger partial charge in [0.15, 0.2) is 11.5 Å². The van der Waals surface area contributed by atoms with Gasteiger partial charge in [0.1, 0.15) is 29.3 Å². The number of nitrogen functional groups attached to an aromatic ring is 1. The summed E-state index contributed by atoms with van der Waals surface area (Å²) in [7, 11) is 0. The van der Waals surface area contributed by atoms with Crippen molar-refractivity contribution < 1.29 is 0 Å². The number of nitrogens with zero attached hydrogens (tertiary/aromatic N) is 9. The Hall–Kier alpha value is -5.39. The van der Waals surface area contributed by atoms with Crippen molar-refractivity contribution >= 4 is 22.8 Å². The van der Waals surface area contributed by atoms with E-state index in [0.717, 1.165) is 38.2 Å². The van der Waals surface area contributed by atoms with Crippen molar-refractivity contribution in [2.75, 3.05) is 24.1 Å². The van der Waals surface area contributed by atoms with Crippen LogP contribution in [0, 0.1) is 22.7 Å². The molecule has 1 aliphatic heterocycles. The number of imidazole rings is 1. The maximum atomic E-state index is 9.34. The van der Waals surface area contributed by atoms with E-state index < -0.39 is 0 Å². The molecule has 0 spiro atoms. The number of anilines is 2. The summed E-state index contributed by atoms with van der Waals surface area (Å²) in [5.74, 6) is 1.86. The van der Waals surface area contributed by atoms with Gasteiger partial charge in [0.05, 0.1) is 11.1 Å². The van der Waals surface area contributed by atoms with E-state index in [2.05, 4.69) is 60.5 Å². The standard InChI is InChI=1S/C29H25N11/c30-15-20-14-24-29(35-17-20)40(28(37-24)23-2-1-10-34-27(23)32)22-5-3-19(4-6-22)18-39-12-8-21(9-13-39)36-25-7-11-33-26(16-31)38-25/h1-7,10-11,14,17,21H,8-9,12-13,18H2,(H2,32,34)(H,33,36,38). The largest absolute Gasteiger partial charge is 0.383 e. The third-order valence-electron chi connectivity index (χ3n) is 7.00. The average Bonchev–Trinajstić information content (AvgIpc) is 3.37. The second kappa shape index (κ2) is 10.8. The Labute approximate surface area is 230 Å². The maximum Gasteiger partial charge on any atom is 0.234 e. The molecule has 0 radical (unpaired) electrons. The van der Waals surface area contributed by atoms with Crippen molar-refractivity contribution in [3.05, 3.63) is 84.1 Å². The first-order valence-electron chi connectivity index (χ1n) is 12.9. The van der Waals surface area contributed by atoms with Gasteiger partial charge >= 0.3 is 0 Å². The van der Waals surface area contributed by atoms with E-state index in [0.29, 0.717) is 45.8 Å². The van der Waals surface area contributed by atoms with E-state index in [1.165, 1.54) is 5.56 Å². The second-order valence-electron chi connectivity index (χ2n) is 9.62. The van der Waals surface area contributed by atoms with E-state index in [4.69, 9.17) is 16.0 Å². The van der Waals surface area contributed by atoms with Crippen LogP contribution in [0.4, 0.5) is 11.6 Å². The molecule has 1 saturated heterocycles. The van der Waals surface area contributed by atoms with Crippen LogP contribution in [0.25, 0.3) is 28.2 Å². The van der Waals surface area contributed by atoms with Crippen LogP contribution < -0.4 is 11.1 Å². The minimum Gasteiger partial charge on any atom is -0.383 e. The molecule has 0 saturated carbocycles. The average molecular weight is 528 g/mol. The van der Waals surface area contributed by atoms with Crippen molar-refractivity contribution in [1.29, 1.82) is 10.5 Å². The second-order valence-corrected chi connectivity index (χ2v) is 9.62. The molecule has 0 bridgehead atoms. The molecule has 4 aromatic heterocycles. The summed E-state index contributed by atoms with van der Waals surface area (Å²) in [6, 6.07) is 20.0. The molecule has 1 aliphatic rings. The van der Waals surface area contributed by atoms with Gasteiger partial charge < -0.3 is 11.1 Å². The molecule has 5 aromatic rings. The third-order valence-corrected chi connectivity index (χ3v) is 7.00. The number of hydrogen-bond donors (Lipinski definition) is 2. The normalized spacial score (nSPS) is 14.1. The predicted octanol–water partition coefficient (Wildman–Crippen LogP) is 3.67. The number of pyridine rings is 2. The minimum absolute atomic E-state index is 0.174. The first-order chi connectivity index (χ1) is 19.6. The minimum atomic E-state index is 0.174. The van der Waals surface area contributed by atoms with Crippen LogP contribution in [0.2, 0.25) is 0 Å². The lowest BCUT2D eigenvalue weighted by Crippen LogP contribution is -2.38. The molecule has 0 atom stereocenters. The van der Waals surface area contributed by atoms with Crippen molar-refractivity contribution in [2.24, 2.45) is 0 Å². The summed E-state index contributed by atoms with van der Waals surface area (Å²) in [5, 5.41) is 21.8. The van der Waals surface area contributed by atoms with Gasteiger partial charge in [-0.3, -0.25) is 9.47 Å². The van der Waals surface area contributed by atoms with Gasteiger partial charge in [-0.2, -0.15) is 10.5 Å². The van der Waals surface area contributed by atoms with Crippen LogP contribution in [0.3, 0.4) is 0 Å². The van der Waals surface area contributed by atoms with Crippen LogP contribution >= 0.6 is 0 Å². The Morgan fingerprint density at radius 1 is 0.950 bits per heavy atom. The first kappa shape index (κ1) is 24.9. The highest BCUT2D eigenvalue weighted by atomic mass is 15.2. The maximum absolute atomic E-state index is 9.34. The number of nitriles is 2. The zero-order chi connectivity index (χ0) is 27.5. The number of rotatable bonds is 6. The molecule has 0 unspecified atom stereocenters. The van der Waals surface area contributed by atoms with Crippen LogP contribution in [-0.4, -0.2) is 53.5 Å². The molecule has 6 rings (SSSR count). The van der Waals surface area contributed by atoms with Crippen molar-refractivity contribution in [2.45, 2.75) is 25.4 Å². The molecule has 196 valence electrons. The predicted molar refractivity (Wildman–Crippen MR) is 150 cm³/mol. The fraction of sp³-hybridized carbons (Fsp3) is 0.207. The third kappa shape index (κ3) is 5.01. The Bertz CT molecular complexity index is 1750. The molecular formula is C29H25N11. The van der Waals surface area contributed by atoms with Crippen LogP contribution in [0.1, 0.15) is 29.8 Å². The molecule has 3 N–H and O–H groups in total. The highest BCUT2D eigenvalue weighted by Gasteiger charge is 2.21. The molecule has 1 fully saturated rings. The number of nitrogens with two attached hydrogens (primary N) is 1.